The van der Waals surface area contributed by atoms with E-state index in [0.29, 0.717) is 12.1 Å². The van der Waals surface area contributed by atoms with Crippen LogP contribution in [-0.4, -0.2) is 96.7 Å². The Morgan fingerprint density at radius 2 is 1.88 bits per heavy atom. The molecule has 0 radical (unpaired) electrons. The summed E-state index contributed by atoms with van der Waals surface area (Å²) >= 11 is 0. The van der Waals surface area contributed by atoms with Gasteiger partial charge in [0.15, 0.2) is 0 Å². The van der Waals surface area contributed by atoms with Crippen LogP contribution >= 0.6 is 0 Å². The van der Waals surface area contributed by atoms with Crippen molar-refractivity contribution in [3.05, 3.63) is 18.2 Å². The first-order valence-electron chi connectivity index (χ1n) is 10.8. The lowest BCUT2D eigenvalue weighted by Crippen LogP contribution is -2.58. The Morgan fingerprint density at radius 1 is 1.21 bits per heavy atom. The third kappa shape index (κ3) is 7.25. The molecule has 0 saturated carbocycles. The summed E-state index contributed by atoms with van der Waals surface area (Å²) in [6.07, 6.45) is 1.56. The second-order valence-corrected chi connectivity index (χ2v) is 8.13. The van der Waals surface area contributed by atoms with Crippen LogP contribution in [0.1, 0.15) is 38.3 Å². The van der Waals surface area contributed by atoms with Gasteiger partial charge in [0.1, 0.15) is 24.2 Å². The zero-order chi connectivity index (χ0) is 25.4. The number of hydrogen-bond donors (Lipinski definition) is 7. The number of aromatic nitrogens is 2. The molecule has 0 bridgehead atoms. The van der Waals surface area contributed by atoms with Crippen LogP contribution in [0.4, 0.5) is 0 Å². The standard InChI is InChI=1S/C20H30N6O8/c1-10(27)16(21)18(31)24-12(4-5-15(28)29)17(30)25-13(7-11-8-22-9-23-11)19(32)26-6-2-3-14(26)20(33)34/h8-10,12-14,16,27H,2-7,21H2,1H3,(H,22,23)(H,24,31)(H,25,30)(H,28,29)(H,33,34). The molecule has 188 valence electrons. The first kappa shape index (κ1) is 26.7. The molecule has 1 aliphatic heterocycles. The Hall–Kier alpha value is -3.52. The SMILES string of the molecule is CC(O)C(N)C(=O)NC(CCC(=O)O)C(=O)NC(Cc1cnc[nH]1)C(=O)N1CCCC1C(=O)O. The third-order valence-electron chi connectivity index (χ3n) is 5.52. The van der Waals surface area contributed by atoms with Gasteiger partial charge in [0.05, 0.1) is 12.4 Å². The van der Waals surface area contributed by atoms with E-state index in [-0.39, 0.29) is 25.8 Å². The fourth-order valence-corrected chi connectivity index (χ4v) is 3.60. The molecule has 1 fully saturated rings. The van der Waals surface area contributed by atoms with Gasteiger partial charge in [0.25, 0.3) is 0 Å². The molecule has 1 aliphatic rings. The van der Waals surface area contributed by atoms with Crippen molar-refractivity contribution in [3.63, 3.8) is 0 Å². The van der Waals surface area contributed by atoms with Crippen molar-refractivity contribution in [1.29, 1.82) is 0 Å². The molecule has 0 aromatic carbocycles. The summed E-state index contributed by atoms with van der Waals surface area (Å²) in [5.74, 6) is -4.72. The average molecular weight is 482 g/mol. The molecule has 14 heteroatoms. The molecule has 2 heterocycles. The van der Waals surface area contributed by atoms with Crippen LogP contribution in [0.3, 0.4) is 0 Å². The summed E-state index contributed by atoms with van der Waals surface area (Å²) in [4.78, 5) is 68.9. The molecule has 0 spiro atoms. The van der Waals surface area contributed by atoms with Crippen molar-refractivity contribution >= 4 is 29.7 Å². The van der Waals surface area contributed by atoms with Gasteiger partial charge in [-0.15, -0.1) is 0 Å². The molecule has 2 rings (SSSR count). The van der Waals surface area contributed by atoms with Gasteiger partial charge >= 0.3 is 11.9 Å². The van der Waals surface area contributed by atoms with E-state index in [1.54, 1.807) is 0 Å². The number of likely N-dealkylation sites (tertiary alicyclic amines) is 1. The van der Waals surface area contributed by atoms with Crippen molar-refractivity contribution < 1.29 is 39.3 Å². The molecule has 8 N–H and O–H groups in total. The van der Waals surface area contributed by atoms with Crippen LogP contribution in [0.5, 0.6) is 0 Å². The van der Waals surface area contributed by atoms with Crippen molar-refractivity contribution in [1.82, 2.24) is 25.5 Å². The Morgan fingerprint density at radius 3 is 2.44 bits per heavy atom. The Balaban J connectivity index is 2.23. The maximum Gasteiger partial charge on any atom is 0.326 e. The second-order valence-electron chi connectivity index (χ2n) is 8.13. The summed E-state index contributed by atoms with van der Waals surface area (Å²) < 4.78 is 0. The van der Waals surface area contributed by atoms with E-state index in [1.807, 2.05) is 0 Å². The van der Waals surface area contributed by atoms with Crippen LogP contribution < -0.4 is 16.4 Å². The number of carboxylic acids is 2. The topological polar surface area (TPSA) is 228 Å². The zero-order valence-electron chi connectivity index (χ0n) is 18.6. The second kappa shape index (κ2) is 12.1. The van der Waals surface area contributed by atoms with Crippen LogP contribution in [0, 0.1) is 0 Å². The molecule has 5 atom stereocenters. The Bertz CT molecular complexity index is 890. The van der Waals surface area contributed by atoms with E-state index in [1.165, 1.54) is 24.3 Å². The summed E-state index contributed by atoms with van der Waals surface area (Å²) in [5, 5.41) is 32.8. The number of carbonyl (C=O) groups is 5. The van der Waals surface area contributed by atoms with E-state index in [0.717, 1.165) is 0 Å². The Labute approximate surface area is 194 Å². The number of amides is 3. The number of nitrogens with two attached hydrogens (primary N) is 1. The van der Waals surface area contributed by atoms with Gasteiger partial charge in [0.2, 0.25) is 17.7 Å². The minimum absolute atomic E-state index is 0.0415. The van der Waals surface area contributed by atoms with Crippen molar-refractivity contribution in [2.45, 2.75) is 69.3 Å². The van der Waals surface area contributed by atoms with Crippen molar-refractivity contribution in [2.24, 2.45) is 5.73 Å². The smallest absolute Gasteiger partial charge is 0.326 e. The molecule has 1 aromatic heterocycles. The molecule has 1 aromatic rings. The number of nitrogens with one attached hydrogen (secondary N) is 3. The van der Waals surface area contributed by atoms with Gasteiger partial charge in [-0.3, -0.25) is 19.2 Å². The molecular formula is C20H30N6O8. The first-order chi connectivity index (χ1) is 16.0. The maximum atomic E-state index is 13.2. The van der Waals surface area contributed by atoms with E-state index in [9.17, 15) is 34.2 Å². The molecular weight excluding hydrogens is 452 g/mol. The van der Waals surface area contributed by atoms with Crippen LogP contribution in [0.15, 0.2) is 12.5 Å². The van der Waals surface area contributed by atoms with E-state index >= 15 is 0 Å². The molecule has 14 nitrogen and oxygen atoms in total. The molecule has 5 unspecified atom stereocenters. The fraction of sp³-hybridized carbons (Fsp3) is 0.600. The van der Waals surface area contributed by atoms with Crippen molar-refractivity contribution in [3.8, 4) is 0 Å². The van der Waals surface area contributed by atoms with E-state index in [4.69, 9.17) is 10.8 Å². The monoisotopic (exact) mass is 482 g/mol. The highest BCUT2D eigenvalue weighted by atomic mass is 16.4. The number of aromatic amines is 1. The summed E-state index contributed by atoms with van der Waals surface area (Å²) in [5.41, 5.74) is 6.09. The summed E-state index contributed by atoms with van der Waals surface area (Å²) in [7, 11) is 0. The number of aliphatic carboxylic acids is 2. The number of rotatable bonds is 12. The number of aliphatic hydroxyl groups excluding tert-OH is 1. The molecule has 34 heavy (non-hydrogen) atoms. The Kier molecular flexibility index (Phi) is 9.50. The summed E-state index contributed by atoms with van der Waals surface area (Å²) in [6, 6.07) is -4.95. The van der Waals surface area contributed by atoms with Gasteiger partial charge in [-0.25, -0.2) is 9.78 Å². The fourth-order valence-electron chi connectivity index (χ4n) is 3.60. The lowest BCUT2D eigenvalue weighted by Gasteiger charge is -2.29. The van der Waals surface area contributed by atoms with Gasteiger partial charge in [0, 0.05) is 31.3 Å². The van der Waals surface area contributed by atoms with Gasteiger partial charge < -0.3 is 41.6 Å². The lowest BCUT2D eigenvalue weighted by atomic mass is 10.1. The molecule has 0 aliphatic carbocycles. The number of H-pyrrole nitrogens is 1. The number of aliphatic hydroxyl groups is 1. The highest BCUT2D eigenvalue weighted by molar-refractivity contribution is 5.94. The van der Waals surface area contributed by atoms with Gasteiger partial charge in [-0.05, 0) is 26.2 Å². The van der Waals surface area contributed by atoms with Crippen molar-refractivity contribution in [2.75, 3.05) is 6.54 Å². The number of imidazole rings is 1. The summed E-state index contributed by atoms with van der Waals surface area (Å²) in [6.45, 7) is 1.48. The predicted octanol–water partition coefficient (Wildman–Crippen LogP) is -2.43. The largest absolute Gasteiger partial charge is 0.481 e. The van der Waals surface area contributed by atoms with E-state index in [2.05, 4.69) is 20.6 Å². The third-order valence-corrected chi connectivity index (χ3v) is 5.52. The number of nitrogens with zero attached hydrogens (tertiary/aromatic N) is 2. The first-order valence-corrected chi connectivity index (χ1v) is 10.8. The predicted molar refractivity (Wildman–Crippen MR) is 115 cm³/mol. The number of carbonyl (C=O) groups excluding carboxylic acids is 3. The lowest BCUT2D eigenvalue weighted by molar-refractivity contribution is -0.149. The normalized spacial score (nSPS) is 19.0. The van der Waals surface area contributed by atoms with Gasteiger partial charge in [-0.2, -0.15) is 0 Å². The van der Waals surface area contributed by atoms with Crippen LogP contribution in [-0.2, 0) is 30.4 Å². The van der Waals surface area contributed by atoms with Gasteiger partial charge in [-0.1, -0.05) is 0 Å². The van der Waals surface area contributed by atoms with Crippen LogP contribution in [0.25, 0.3) is 0 Å². The molecule has 1 saturated heterocycles. The maximum absolute atomic E-state index is 13.2. The van der Waals surface area contributed by atoms with E-state index < -0.39 is 66.4 Å². The minimum Gasteiger partial charge on any atom is -0.481 e. The quantitative estimate of drug-likeness (QED) is 0.166. The highest BCUT2D eigenvalue weighted by Gasteiger charge is 2.38. The average Bonchev–Trinajstić information content (AvgIpc) is 3.46. The number of carboxylic acid groups (broad SMARTS) is 2. The number of hydrogen-bond acceptors (Lipinski definition) is 8. The van der Waals surface area contributed by atoms with Crippen LogP contribution in [0.2, 0.25) is 0 Å². The minimum atomic E-state index is -1.36. The zero-order valence-corrected chi connectivity index (χ0v) is 18.6. The highest BCUT2D eigenvalue weighted by Crippen LogP contribution is 2.19. The molecule has 3 amide bonds.